The fraction of sp³-hybridized carbons (Fsp3) is 0.308. The Labute approximate surface area is 222 Å². The number of ether oxygens (including phenoxy) is 1. The van der Waals surface area contributed by atoms with Gasteiger partial charge in [-0.05, 0) is 49.4 Å². The van der Waals surface area contributed by atoms with Crippen LogP contribution in [0.15, 0.2) is 46.9 Å². The number of furan rings is 1. The number of hydrogen-bond acceptors (Lipinski definition) is 7. The van der Waals surface area contributed by atoms with Gasteiger partial charge in [0.15, 0.2) is 17.1 Å². The van der Waals surface area contributed by atoms with E-state index >= 15 is 0 Å². The Morgan fingerprint density at radius 2 is 1.79 bits per heavy atom. The minimum absolute atomic E-state index is 0.0481. The van der Waals surface area contributed by atoms with Gasteiger partial charge in [-0.25, -0.2) is 9.22 Å². The fourth-order valence-corrected chi connectivity index (χ4v) is 5.12. The first-order chi connectivity index (χ1) is 18.2. The van der Waals surface area contributed by atoms with Crippen molar-refractivity contribution in [2.75, 3.05) is 38.2 Å². The summed E-state index contributed by atoms with van der Waals surface area (Å²) in [5.74, 6) is 5.06. The highest BCUT2D eigenvalue weighted by atomic mass is 32.2. The van der Waals surface area contributed by atoms with E-state index in [9.17, 15) is 18.4 Å². The highest BCUT2D eigenvalue weighted by Crippen LogP contribution is 2.30. The van der Waals surface area contributed by atoms with Gasteiger partial charge in [-0.2, -0.15) is 0 Å². The summed E-state index contributed by atoms with van der Waals surface area (Å²) in [6, 6.07) is 12.2. The molecule has 3 aromatic rings. The van der Waals surface area contributed by atoms with Crippen molar-refractivity contribution in [2.24, 2.45) is 5.73 Å². The Balaban J connectivity index is 1.43. The van der Waals surface area contributed by atoms with E-state index in [1.54, 1.807) is 30.1 Å². The number of nitrogens with two attached hydrogens (primary N) is 1. The molecule has 0 spiro atoms. The summed E-state index contributed by atoms with van der Waals surface area (Å²) in [7, 11) is 1.51. The number of fused-ring (bicyclic) bond motifs is 1. The Kier molecular flexibility index (Phi) is 8.33. The second kappa shape index (κ2) is 11.7. The SMILES string of the molecule is COc1cc(C#Cc2ccc(N3CCN(N(C(C)CC(=O)O)S(=O)O)CC3)cc2)cc2cc(C(N)=O)oc12. The number of nitrogens with zero attached hydrogens (tertiary/aromatic N) is 3. The monoisotopic (exact) mass is 540 g/mol. The minimum atomic E-state index is -2.31. The van der Waals surface area contributed by atoms with Crippen LogP contribution in [-0.4, -0.2) is 74.5 Å². The minimum Gasteiger partial charge on any atom is -0.493 e. The second-order valence-corrected chi connectivity index (χ2v) is 9.63. The Hall–Kier alpha value is -3.89. The lowest BCUT2D eigenvalue weighted by Gasteiger charge is -2.41. The summed E-state index contributed by atoms with van der Waals surface area (Å²) in [6.45, 7) is 3.80. The maximum Gasteiger partial charge on any atom is 0.305 e. The van der Waals surface area contributed by atoms with E-state index in [1.165, 1.54) is 11.5 Å². The lowest BCUT2D eigenvalue weighted by atomic mass is 10.1. The first-order valence-electron chi connectivity index (χ1n) is 11.8. The van der Waals surface area contributed by atoms with E-state index in [-0.39, 0.29) is 12.2 Å². The molecule has 2 unspecified atom stereocenters. The van der Waals surface area contributed by atoms with Crippen LogP contribution in [0.4, 0.5) is 5.69 Å². The molecule has 2 heterocycles. The highest BCUT2D eigenvalue weighted by Gasteiger charge is 2.30. The molecule has 1 saturated heterocycles. The van der Waals surface area contributed by atoms with Crippen molar-refractivity contribution >= 4 is 39.8 Å². The number of carbonyl (C=O) groups is 2. The number of amides is 1. The number of hydrazine groups is 1. The van der Waals surface area contributed by atoms with E-state index in [2.05, 4.69) is 16.7 Å². The van der Waals surface area contributed by atoms with Gasteiger partial charge in [0.1, 0.15) is 0 Å². The van der Waals surface area contributed by atoms with Crippen LogP contribution in [0.2, 0.25) is 0 Å². The molecule has 1 aromatic heterocycles. The molecule has 0 radical (unpaired) electrons. The van der Waals surface area contributed by atoms with Gasteiger partial charge >= 0.3 is 5.97 Å². The first-order valence-corrected chi connectivity index (χ1v) is 12.9. The standard InChI is InChI=1S/C26H28N4O7S/c1-17(13-24(31)32)30(38(34)35)29-11-9-28(10-12-29)21-7-5-18(6-8-21)3-4-19-14-20-16-23(26(27)33)37-25(20)22(15-19)36-2/h5-8,14-17H,9-13H2,1-2H3,(H2,27,33)(H,31,32)(H,34,35). The molecule has 200 valence electrons. The first kappa shape index (κ1) is 27.2. The zero-order chi connectivity index (χ0) is 27.4. The molecule has 11 nitrogen and oxygen atoms in total. The molecule has 1 fully saturated rings. The average Bonchev–Trinajstić information content (AvgIpc) is 3.32. The number of methoxy groups -OCH3 is 1. The van der Waals surface area contributed by atoms with E-state index in [1.807, 2.05) is 24.3 Å². The highest BCUT2D eigenvalue weighted by molar-refractivity contribution is 7.76. The number of carboxylic acids is 1. The summed E-state index contributed by atoms with van der Waals surface area (Å²) in [5, 5.41) is 11.4. The van der Waals surface area contributed by atoms with Crippen molar-refractivity contribution in [3.8, 4) is 17.6 Å². The summed E-state index contributed by atoms with van der Waals surface area (Å²) >= 11 is -2.31. The van der Waals surface area contributed by atoms with Crippen LogP contribution >= 0.6 is 0 Å². The normalized spacial score (nSPS) is 15.6. The Bertz CT molecular complexity index is 1420. The van der Waals surface area contributed by atoms with Gasteiger partial charge in [-0.3, -0.25) is 14.1 Å². The number of benzene rings is 2. The van der Waals surface area contributed by atoms with Gasteiger partial charge in [0, 0.05) is 54.4 Å². The number of rotatable bonds is 8. The maximum absolute atomic E-state index is 11.8. The van der Waals surface area contributed by atoms with Crippen LogP contribution < -0.4 is 15.4 Å². The van der Waals surface area contributed by atoms with Gasteiger partial charge in [0.2, 0.25) is 11.3 Å². The third-order valence-corrected chi connectivity index (χ3v) is 7.08. The molecule has 4 rings (SSSR count). The van der Waals surface area contributed by atoms with E-state index in [0.29, 0.717) is 48.5 Å². The van der Waals surface area contributed by atoms with Crippen molar-refractivity contribution in [1.29, 1.82) is 0 Å². The summed E-state index contributed by atoms with van der Waals surface area (Å²) < 4.78 is 33.7. The summed E-state index contributed by atoms with van der Waals surface area (Å²) in [4.78, 5) is 24.7. The van der Waals surface area contributed by atoms with Crippen molar-refractivity contribution in [2.45, 2.75) is 19.4 Å². The van der Waals surface area contributed by atoms with Crippen molar-refractivity contribution in [1.82, 2.24) is 9.42 Å². The molecule has 0 bridgehead atoms. The molecule has 1 aliphatic rings. The van der Waals surface area contributed by atoms with Crippen molar-refractivity contribution in [3.05, 3.63) is 59.4 Å². The number of carbonyl (C=O) groups excluding carboxylic acids is 1. The van der Waals surface area contributed by atoms with Crippen LogP contribution in [0.1, 0.15) is 35.0 Å². The predicted octanol–water partition coefficient (Wildman–Crippen LogP) is 2.28. The number of anilines is 1. The fourth-order valence-electron chi connectivity index (χ4n) is 4.38. The Morgan fingerprint density at radius 1 is 1.13 bits per heavy atom. The maximum atomic E-state index is 11.8. The molecular weight excluding hydrogens is 512 g/mol. The van der Waals surface area contributed by atoms with E-state index in [4.69, 9.17) is 20.0 Å². The van der Waals surface area contributed by atoms with Gasteiger partial charge < -0.3 is 24.9 Å². The number of carboxylic acid groups (broad SMARTS) is 1. The third kappa shape index (κ3) is 6.15. The number of primary amides is 1. The average molecular weight is 541 g/mol. The molecule has 2 aromatic carbocycles. The number of aliphatic carboxylic acids is 1. The quantitative estimate of drug-likeness (QED) is 0.289. The van der Waals surface area contributed by atoms with E-state index in [0.717, 1.165) is 11.3 Å². The molecule has 1 amide bonds. The predicted molar refractivity (Wildman–Crippen MR) is 142 cm³/mol. The summed E-state index contributed by atoms with van der Waals surface area (Å²) in [5.41, 5.74) is 8.23. The topological polar surface area (TPSA) is 150 Å². The molecule has 0 saturated carbocycles. The van der Waals surface area contributed by atoms with Gasteiger partial charge in [-0.1, -0.05) is 11.8 Å². The van der Waals surface area contributed by atoms with Crippen LogP contribution in [0.3, 0.4) is 0 Å². The van der Waals surface area contributed by atoms with Crippen LogP contribution in [-0.2, 0) is 16.1 Å². The summed E-state index contributed by atoms with van der Waals surface area (Å²) in [6.07, 6.45) is -0.230. The zero-order valence-electron chi connectivity index (χ0n) is 20.9. The smallest absolute Gasteiger partial charge is 0.305 e. The van der Waals surface area contributed by atoms with Crippen molar-refractivity contribution < 1.29 is 32.6 Å². The van der Waals surface area contributed by atoms with Crippen LogP contribution in [0.25, 0.3) is 11.0 Å². The lowest BCUT2D eigenvalue weighted by Crippen LogP contribution is -2.57. The van der Waals surface area contributed by atoms with Crippen molar-refractivity contribution in [3.63, 3.8) is 0 Å². The molecule has 1 aliphatic heterocycles. The van der Waals surface area contributed by atoms with Gasteiger partial charge in [0.25, 0.3) is 5.91 Å². The largest absolute Gasteiger partial charge is 0.493 e. The van der Waals surface area contributed by atoms with Gasteiger partial charge in [0.05, 0.1) is 13.5 Å². The molecule has 12 heteroatoms. The molecule has 2 atom stereocenters. The molecular formula is C26H28N4O7S. The molecule has 38 heavy (non-hydrogen) atoms. The zero-order valence-corrected chi connectivity index (χ0v) is 21.7. The number of hydrogen-bond donors (Lipinski definition) is 3. The number of piperazine rings is 1. The van der Waals surface area contributed by atoms with Crippen LogP contribution in [0.5, 0.6) is 5.75 Å². The molecule has 4 N–H and O–H groups in total. The Morgan fingerprint density at radius 3 is 2.37 bits per heavy atom. The van der Waals surface area contributed by atoms with Crippen LogP contribution in [0, 0.1) is 11.8 Å². The van der Waals surface area contributed by atoms with E-state index < -0.39 is 29.2 Å². The molecule has 0 aliphatic carbocycles. The van der Waals surface area contributed by atoms with Gasteiger partial charge in [-0.15, -0.1) is 4.41 Å². The second-order valence-electron chi connectivity index (χ2n) is 8.79. The lowest BCUT2D eigenvalue weighted by molar-refractivity contribution is -0.139. The third-order valence-electron chi connectivity index (χ3n) is 6.17.